The first-order valence-electron chi connectivity index (χ1n) is 6.06. The number of hydrogen-bond donors (Lipinski definition) is 0. The van der Waals surface area contributed by atoms with Crippen LogP contribution in [0.25, 0.3) is 0 Å². The van der Waals surface area contributed by atoms with Crippen LogP contribution in [0.1, 0.15) is 39.0 Å². The molecule has 1 saturated carbocycles. The van der Waals surface area contributed by atoms with Crippen LogP contribution in [-0.4, -0.2) is 0 Å². The van der Waals surface area contributed by atoms with E-state index in [9.17, 15) is 0 Å². The van der Waals surface area contributed by atoms with E-state index in [4.69, 9.17) is 0 Å². The monoisotopic (exact) mass is 200 g/mol. The van der Waals surface area contributed by atoms with Gasteiger partial charge in [-0.1, -0.05) is 43.2 Å². The summed E-state index contributed by atoms with van der Waals surface area (Å²) in [5.74, 6) is 0.490. The molecular weight excluding hydrogens is 180 g/mol. The molecule has 0 nitrogen and oxygen atoms in total. The Balaban J connectivity index is 2.24. The zero-order valence-electron chi connectivity index (χ0n) is 9.63. The molecule has 0 aromatic carbocycles. The van der Waals surface area contributed by atoms with E-state index in [1.165, 1.54) is 43.3 Å². The van der Waals surface area contributed by atoms with Crippen LogP contribution in [0.3, 0.4) is 0 Å². The highest BCUT2D eigenvalue weighted by Gasteiger charge is 2.17. The third-order valence-electron chi connectivity index (χ3n) is 3.53. The van der Waals surface area contributed by atoms with Crippen molar-refractivity contribution in [2.45, 2.75) is 39.0 Å². The average molecular weight is 200 g/mol. The van der Waals surface area contributed by atoms with Gasteiger partial charge in [0.05, 0.1) is 0 Å². The van der Waals surface area contributed by atoms with E-state index in [-0.39, 0.29) is 0 Å². The number of rotatable bonds is 2. The summed E-state index contributed by atoms with van der Waals surface area (Å²) in [4.78, 5) is 0. The van der Waals surface area contributed by atoms with Gasteiger partial charge in [-0.15, -0.1) is 6.58 Å². The van der Waals surface area contributed by atoms with Gasteiger partial charge in [0.15, 0.2) is 0 Å². The summed E-state index contributed by atoms with van der Waals surface area (Å²) < 4.78 is 0. The van der Waals surface area contributed by atoms with E-state index in [2.05, 4.69) is 31.7 Å². The summed E-state index contributed by atoms with van der Waals surface area (Å²) in [7, 11) is 0. The van der Waals surface area contributed by atoms with Crippen molar-refractivity contribution in [1.29, 1.82) is 0 Å². The van der Waals surface area contributed by atoms with Crippen LogP contribution < -0.4 is 0 Å². The lowest BCUT2D eigenvalue weighted by atomic mass is 9.86. The minimum Gasteiger partial charge on any atom is -0.102 e. The lowest BCUT2D eigenvalue weighted by Crippen LogP contribution is -2.02. The molecule has 1 fully saturated rings. The van der Waals surface area contributed by atoms with Gasteiger partial charge in [-0.2, -0.15) is 0 Å². The van der Waals surface area contributed by atoms with Crippen molar-refractivity contribution in [2.75, 3.05) is 0 Å². The van der Waals surface area contributed by atoms with Crippen molar-refractivity contribution in [3.8, 4) is 0 Å². The Kier molecular flexibility index (Phi) is 3.25. The summed E-state index contributed by atoms with van der Waals surface area (Å²) in [5.41, 5.74) is 4.67. The van der Waals surface area contributed by atoms with E-state index in [0.717, 1.165) is 0 Å². The molecule has 2 rings (SSSR count). The second-order valence-electron chi connectivity index (χ2n) is 4.58. The predicted octanol–water partition coefficient (Wildman–Crippen LogP) is 4.57. The maximum atomic E-state index is 3.89. The van der Waals surface area contributed by atoms with Crippen molar-refractivity contribution >= 4 is 0 Å². The van der Waals surface area contributed by atoms with Crippen molar-refractivity contribution in [2.24, 2.45) is 5.92 Å². The molecule has 0 aromatic heterocycles. The molecule has 80 valence electrons. The SMILES string of the molecule is C=CC(C)C1=CC=CC1=C1CCCCC1. The van der Waals surface area contributed by atoms with Crippen LogP contribution in [0.5, 0.6) is 0 Å². The number of hydrogen-bond acceptors (Lipinski definition) is 0. The fraction of sp³-hybridized carbons (Fsp3) is 0.467. The Morgan fingerprint density at radius 2 is 2.00 bits per heavy atom. The van der Waals surface area contributed by atoms with Crippen LogP contribution in [0.15, 0.2) is 47.6 Å². The van der Waals surface area contributed by atoms with Gasteiger partial charge >= 0.3 is 0 Å². The molecule has 0 amide bonds. The normalized spacial score (nSPS) is 22.9. The van der Waals surface area contributed by atoms with Crippen molar-refractivity contribution in [3.63, 3.8) is 0 Å². The molecule has 0 saturated heterocycles. The van der Waals surface area contributed by atoms with Crippen LogP contribution in [0.2, 0.25) is 0 Å². The lowest BCUT2D eigenvalue weighted by Gasteiger charge is -2.19. The predicted molar refractivity (Wildman–Crippen MR) is 66.7 cm³/mol. The molecule has 0 spiro atoms. The van der Waals surface area contributed by atoms with Gasteiger partial charge in [0.2, 0.25) is 0 Å². The first kappa shape index (κ1) is 10.5. The fourth-order valence-electron chi connectivity index (χ4n) is 2.53. The van der Waals surface area contributed by atoms with Crippen molar-refractivity contribution in [3.05, 3.63) is 47.6 Å². The summed E-state index contributed by atoms with van der Waals surface area (Å²) in [6.07, 6.45) is 15.6. The Morgan fingerprint density at radius 3 is 2.67 bits per heavy atom. The van der Waals surface area contributed by atoms with E-state index in [1.807, 2.05) is 6.08 Å². The summed E-state index contributed by atoms with van der Waals surface area (Å²) >= 11 is 0. The first-order valence-corrected chi connectivity index (χ1v) is 6.06. The lowest BCUT2D eigenvalue weighted by molar-refractivity contribution is 0.594. The van der Waals surface area contributed by atoms with E-state index >= 15 is 0 Å². The molecule has 0 N–H and O–H groups in total. The molecule has 0 aromatic rings. The molecule has 0 bridgehead atoms. The zero-order valence-corrected chi connectivity index (χ0v) is 9.63. The fourth-order valence-corrected chi connectivity index (χ4v) is 2.53. The van der Waals surface area contributed by atoms with Gasteiger partial charge in [0.25, 0.3) is 0 Å². The number of allylic oxidation sites excluding steroid dienone is 7. The smallest absolute Gasteiger partial charge is 0.000720 e. The Labute approximate surface area is 93.1 Å². The summed E-state index contributed by atoms with van der Waals surface area (Å²) in [6, 6.07) is 0. The van der Waals surface area contributed by atoms with Gasteiger partial charge in [-0.3, -0.25) is 0 Å². The molecule has 1 unspecified atom stereocenters. The van der Waals surface area contributed by atoms with Gasteiger partial charge in [0.1, 0.15) is 0 Å². The highest BCUT2D eigenvalue weighted by atomic mass is 14.2. The third-order valence-corrected chi connectivity index (χ3v) is 3.53. The molecular formula is C15H20. The Morgan fingerprint density at radius 1 is 1.27 bits per heavy atom. The van der Waals surface area contributed by atoms with Crippen LogP contribution >= 0.6 is 0 Å². The molecule has 15 heavy (non-hydrogen) atoms. The highest BCUT2D eigenvalue weighted by molar-refractivity contribution is 5.53. The second-order valence-corrected chi connectivity index (χ2v) is 4.58. The van der Waals surface area contributed by atoms with Crippen molar-refractivity contribution < 1.29 is 0 Å². The Bertz CT molecular complexity index is 331. The van der Waals surface area contributed by atoms with Crippen molar-refractivity contribution in [1.82, 2.24) is 0 Å². The van der Waals surface area contributed by atoms with Crippen LogP contribution in [0, 0.1) is 5.92 Å². The maximum Gasteiger partial charge on any atom is -0.000720 e. The van der Waals surface area contributed by atoms with Gasteiger partial charge in [0, 0.05) is 0 Å². The largest absolute Gasteiger partial charge is 0.102 e. The van der Waals surface area contributed by atoms with Crippen LogP contribution in [-0.2, 0) is 0 Å². The van der Waals surface area contributed by atoms with E-state index < -0.39 is 0 Å². The quantitative estimate of drug-likeness (QED) is 0.573. The molecule has 0 heteroatoms. The molecule has 0 aliphatic heterocycles. The highest BCUT2D eigenvalue weighted by Crippen LogP contribution is 2.35. The summed E-state index contributed by atoms with van der Waals surface area (Å²) in [5, 5.41) is 0. The Hall–Kier alpha value is -1.04. The zero-order chi connectivity index (χ0) is 10.7. The topological polar surface area (TPSA) is 0 Å². The van der Waals surface area contributed by atoms with E-state index in [0.29, 0.717) is 5.92 Å². The van der Waals surface area contributed by atoms with Gasteiger partial charge < -0.3 is 0 Å². The first-order chi connectivity index (χ1) is 7.33. The molecule has 0 radical (unpaired) electrons. The molecule has 1 atom stereocenters. The molecule has 0 heterocycles. The second kappa shape index (κ2) is 4.65. The van der Waals surface area contributed by atoms with Crippen LogP contribution in [0.4, 0.5) is 0 Å². The molecule has 2 aliphatic carbocycles. The van der Waals surface area contributed by atoms with Gasteiger partial charge in [-0.25, -0.2) is 0 Å². The minimum absolute atomic E-state index is 0.490. The third kappa shape index (κ3) is 2.14. The maximum absolute atomic E-state index is 3.89. The standard InChI is InChI=1S/C15H20/c1-3-12(2)14-10-7-11-15(14)13-8-5-4-6-9-13/h3,7,10-12H,1,4-6,8-9H2,2H3. The average Bonchev–Trinajstić information content (AvgIpc) is 2.78. The van der Waals surface area contributed by atoms with E-state index in [1.54, 1.807) is 5.57 Å². The van der Waals surface area contributed by atoms with Gasteiger partial charge in [-0.05, 0) is 42.7 Å². The minimum atomic E-state index is 0.490. The summed E-state index contributed by atoms with van der Waals surface area (Å²) in [6.45, 7) is 6.12. The molecule has 2 aliphatic rings.